The maximum Gasteiger partial charge on any atom is 0.338 e. The van der Waals surface area contributed by atoms with Crippen molar-refractivity contribution in [3.05, 3.63) is 120 Å². The highest BCUT2D eigenvalue weighted by molar-refractivity contribution is 7.07. The van der Waals surface area contributed by atoms with Crippen LogP contribution in [0.1, 0.15) is 36.6 Å². The van der Waals surface area contributed by atoms with Crippen molar-refractivity contribution < 1.29 is 23.4 Å². The van der Waals surface area contributed by atoms with Gasteiger partial charge in [-0.25, -0.2) is 14.2 Å². The lowest BCUT2D eigenvalue weighted by molar-refractivity contribution is -0.139. The van der Waals surface area contributed by atoms with Gasteiger partial charge < -0.3 is 19.1 Å². The third kappa shape index (κ3) is 5.96. The number of benzene rings is 3. The van der Waals surface area contributed by atoms with Gasteiger partial charge >= 0.3 is 5.97 Å². The van der Waals surface area contributed by atoms with Crippen LogP contribution >= 0.6 is 11.3 Å². The van der Waals surface area contributed by atoms with E-state index < -0.39 is 12.0 Å². The van der Waals surface area contributed by atoms with Gasteiger partial charge in [-0.3, -0.25) is 9.36 Å². The number of esters is 1. The van der Waals surface area contributed by atoms with Gasteiger partial charge in [0.2, 0.25) is 0 Å². The van der Waals surface area contributed by atoms with Crippen molar-refractivity contribution in [1.82, 2.24) is 4.57 Å². The molecule has 1 atom stereocenters. The Morgan fingerprint density at radius 1 is 1.09 bits per heavy atom. The quantitative estimate of drug-likeness (QED) is 0.261. The number of para-hydroxylation sites is 1. The van der Waals surface area contributed by atoms with Gasteiger partial charge in [0.25, 0.3) is 5.56 Å². The number of carbonyl (C=O) groups is 1. The molecule has 2 heterocycles. The first-order valence-electron chi connectivity index (χ1n) is 13.7. The number of methoxy groups -OCH3 is 1. The third-order valence-electron chi connectivity index (χ3n) is 7.09. The van der Waals surface area contributed by atoms with Crippen LogP contribution < -0.4 is 29.3 Å². The van der Waals surface area contributed by atoms with E-state index in [-0.39, 0.29) is 24.6 Å². The first-order chi connectivity index (χ1) is 20.7. The molecule has 1 aliphatic rings. The Kier molecular flexibility index (Phi) is 8.77. The van der Waals surface area contributed by atoms with E-state index in [1.807, 2.05) is 43.3 Å². The number of nitrogens with zero attached hydrogens (tertiary/aromatic N) is 3. The summed E-state index contributed by atoms with van der Waals surface area (Å²) in [5, 5.41) is 0. The molecule has 5 rings (SSSR count). The topological polar surface area (TPSA) is 82.4 Å². The molecule has 0 saturated heterocycles. The lowest BCUT2D eigenvalue weighted by Crippen LogP contribution is -2.40. The summed E-state index contributed by atoms with van der Waals surface area (Å²) in [5.41, 5.74) is 3.19. The Morgan fingerprint density at radius 3 is 2.51 bits per heavy atom. The molecule has 0 amide bonds. The summed E-state index contributed by atoms with van der Waals surface area (Å²) in [4.78, 5) is 34.4. The lowest BCUT2D eigenvalue weighted by Gasteiger charge is -2.25. The van der Waals surface area contributed by atoms with E-state index in [9.17, 15) is 14.0 Å². The molecule has 3 aromatic carbocycles. The zero-order valence-corrected chi connectivity index (χ0v) is 25.4. The Balaban J connectivity index is 1.64. The minimum absolute atomic E-state index is 0.0276. The van der Waals surface area contributed by atoms with Crippen molar-refractivity contribution in [2.24, 2.45) is 4.99 Å². The van der Waals surface area contributed by atoms with Crippen LogP contribution in [-0.4, -0.2) is 38.3 Å². The van der Waals surface area contributed by atoms with Crippen molar-refractivity contribution in [1.29, 1.82) is 0 Å². The van der Waals surface area contributed by atoms with E-state index in [4.69, 9.17) is 14.2 Å². The molecule has 222 valence electrons. The number of allylic oxidation sites excluding steroid dienone is 1. The van der Waals surface area contributed by atoms with E-state index in [0.29, 0.717) is 43.2 Å². The molecule has 10 heteroatoms. The van der Waals surface area contributed by atoms with Crippen LogP contribution in [-0.2, 0) is 16.1 Å². The normalized spacial score (nSPS) is 14.7. The number of thiazole rings is 1. The van der Waals surface area contributed by atoms with E-state index in [1.54, 1.807) is 60.9 Å². The molecule has 0 radical (unpaired) electrons. The fourth-order valence-electron chi connectivity index (χ4n) is 4.93. The summed E-state index contributed by atoms with van der Waals surface area (Å²) < 4.78 is 33.2. The van der Waals surface area contributed by atoms with Crippen LogP contribution in [0.5, 0.6) is 11.5 Å². The number of halogens is 1. The average molecular weight is 602 g/mol. The predicted octanol–water partition coefficient (Wildman–Crippen LogP) is 4.59. The largest absolute Gasteiger partial charge is 0.493 e. The molecule has 4 aromatic rings. The minimum atomic E-state index is -0.726. The smallest absolute Gasteiger partial charge is 0.338 e. The van der Waals surface area contributed by atoms with Crippen LogP contribution in [0.2, 0.25) is 0 Å². The monoisotopic (exact) mass is 601 g/mol. The van der Waals surface area contributed by atoms with Crippen molar-refractivity contribution in [2.45, 2.75) is 26.5 Å². The first-order valence-corrected chi connectivity index (χ1v) is 14.5. The summed E-state index contributed by atoms with van der Waals surface area (Å²) in [6.45, 7) is 3.66. The fraction of sp³-hybridized carbons (Fsp3) is 0.242. The molecule has 0 fully saturated rings. The highest BCUT2D eigenvalue weighted by Crippen LogP contribution is 2.34. The summed E-state index contributed by atoms with van der Waals surface area (Å²) in [6.07, 6.45) is 1.71. The highest BCUT2D eigenvalue weighted by atomic mass is 32.1. The Bertz CT molecular complexity index is 1880. The highest BCUT2D eigenvalue weighted by Gasteiger charge is 2.33. The van der Waals surface area contributed by atoms with Crippen LogP contribution in [0.25, 0.3) is 6.08 Å². The van der Waals surface area contributed by atoms with E-state index in [0.717, 1.165) is 11.3 Å². The number of ether oxygens (including phenoxy) is 3. The van der Waals surface area contributed by atoms with E-state index in [2.05, 4.69) is 4.99 Å². The summed E-state index contributed by atoms with van der Waals surface area (Å²) >= 11 is 1.21. The van der Waals surface area contributed by atoms with Gasteiger partial charge in [0.05, 0.1) is 35.6 Å². The SMILES string of the molecule is CCOC(=O)C1=C(C)N=c2s/c(=C\c3cccc(OC)c3OCc3ccccc3F)c(=O)n2[C@H]1c1ccc(N(C)C)cc1. The second-order valence-electron chi connectivity index (χ2n) is 10.0. The molecular weight excluding hydrogens is 569 g/mol. The summed E-state index contributed by atoms with van der Waals surface area (Å²) in [5.74, 6) is -0.0783. The van der Waals surface area contributed by atoms with Gasteiger partial charge in [0.1, 0.15) is 12.4 Å². The zero-order chi connectivity index (χ0) is 30.7. The first kappa shape index (κ1) is 29.8. The average Bonchev–Trinajstić information content (AvgIpc) is 3.30. The van der Waals surface area contributed by atoms with Gasteiger partial charge in [0.15, 0.2) is 16.3 Å². The van der Waals surface area contributed by atoms with Crippen LogP contribution in [0, 0.1) is 5.82 Å². The zero-order valence-electron chi connectivity index (χ0n) is 24.6. The molecule has 0 spiro atoms. The predicted molar refractivity (Wildman–Crippen MR) is 165 cm³/mol. The lowest BCUT2D eigenvalue weighted by atomic mass is 9.95. The van der Waals surface area contributed by atoms with Crippen molar-refractivity contribution in [3.63, 3.8) is 0 Å². The Labute approximate surface area is 252 Å². The third-order valence-corrected chi connectivity index (χ3v) is 8.07. The minimum Gasteiger partial charge on any atom is -0.493 e. The number of carbonyl (C=O) groups excluding carboxylic acids is 1. The van der Waals surface area contributed by atoms with E-state index in [1.165, 1.54) is 24.5 Å². The van der Waals surface area contributed by atoms with Gasteiger partial charge in [-0.2, -0.15) is 0 Å². The molecule has 1 aromatic heterocycles. The van der Waals surface area contributed by atoms with Gasteiger partial charge in [-0.1, -0.05) is 53.8 Å². The molecule has 0 unspecified atom stereocenters. The fourth-order valence-corrected chi connectivity index (χ4v) is 5.97. The second-order valence-corrected chi connectivity index (χ2v) is 11.1. The van der Waals surface area contributed by atoms with E-state index >= 15 is 0 Å². The van der Waals surface area contributed by atoms with Gasteiger partial charge in [-0.15, -0.1) is 0 Å². The number of hydrogen-bond donors (Lipinski definition) is 0. The number of hydrogen-bond acceptors (Lipinski definition) is 8. The number of rotatable bonds is 9. The van der Waals surface area contributed by atoms with Crippen molar-refractivity contribution in [3.8, 4) is 11.5 Å². The molecule has 0 bridgehead atoms. The molecule has 8 nitrogen and oxygen atoms in total. The molecule has 0 aliphatic carbocycles. The van der Waals surface area contributed by atoms with Gasteiger partial charge in [-0.05, 0) is 49.8 Å². The summed E-state index contributed by atoms with van der Waals surface area (Å²) in [7, 11) is 5.41. The molecule has 43 heavy (non-hydrogen) atoms. The van der Waals surface area contributed by atoms with Crippen LogP contribution in [0.3, 0.4) is 0 Å². The molecule has 0 N–H and O–H groups in total. The second kappa shape index (κ2) is 12.7. The number of fused-ring (bicyclic) bond motifs is 1. The molecular formula is C33H32FN3O5S. The number of aromatic nitrogens is 1. The Morgan fingerprint density at radius 2 is 1.84 bits per heavy atom. The maximum atomic E-state index is 14.3. The van der Waals surface area contributed by atoms with Crippen LogP contribution in [0.4, 0.5) is 10.1 Å². The molecule has 1 aliphatic heterocycles. The van der Waals surface area contributed by atoms with Crippen molar-refractivity contribution in [2.75, 3.05) is 32.7 Å². The van der Waals surface area contributed by atoms with Crippen molar-refractivity contribution >= 4 is 29.1 Å². The number of anilines is 1. The van der Waals surface area contributed by atoms with Crippen LogP contribution in [0.15, 0.2) is 87.8 Å². The van der Waals surface area contributed by atoms with Gasteiger partial charge in [0, 0.05) is 30.9 Å². The Hall–Kier alpha value is -4.70. The molecule has 0 saturated carbocycles. The maximum absolute atomic E-state index is 14.3. The standard InChI is InChI=1S/C33H32FN3O5S/c1-6-41-32(39)28-20(2)35-33-37(29(28)21-14-16-24(17-15-21)36(3)4)31(38)27(43-33)18-22-11-9-13-26(40-5)30(22)42-19-23-10-7-8-12-25(23)34/h7-18,29H,6,19H2,1-5H3/b27-18-/t29-/m0/s1. The summed E-state index contributed by atoms with van der Waals surface area (Å²) in [6, 6.07) is 18.7.